The maximum absolute atomic E-state index is 12.2. The van der Waals surface area contributed by atoms with Gasteiger partial charge in [-0.3, -0.25) is 4.79 Å². The number of fused-ring (bicyclic) bond motifs is 1. The minimum Gasteiger partial charge on any atom is -0.268 e. The molecule has 1 aromatic carbocycles. The molecular formula is C9H7FINO3S. The van der Waals surface area contributed by atoms with E-state index in [1.165, 1.54) is 12.1 Å². The number of sulfonamides is 1. The van der Waals surface area contributed by atoms with Crippen molar-refractivity contribution in [2.75, 3.05) is 13.2 Å². The van der Waals surface area contributed by atoms with E-state index < -0.39 is 29.1 Å². The number of halogens is 2. The van der Waals surface area contributed by atoms with Crippen LogP contribution in [0.15, 0.2) is 23.1 Å². The summed E-state index contributed by atoms with van der Waals surface area (Å²) < 4.78 is 37.2. The second-order valence-electron chi connectivity index (χ2n) is 3.21. The zero-order valence-electron chi connectivity index (χ0n) is 7.98. The number of amides is 1. The molecule has 0 bridgehead atoms. The monoisotopic (exact) mass is 355 g/mol. The Morgan fingerprint density at radius 3 is 2.69 bits per heavy atom. The predicted molar refractivity (Wildman–Crippen MR) is 63.4 cm³/mol. The largest absolute Gasteiger partial charge is 0.269 e. The van der Waals surface area contributed by atoms with Gasteiger partial charge in [-0.05, 0) is 40.8 Å². The highest BCUT2D eigenvalue weighted by molar-refractivity contribution is 14.1. The first-order valence-corrected chi connectivity index (χ1v) is 6.93. The summed E-state index contributed by atoms with van der Waals surface area (Å²) in [5.41, 5.74) is 0.119. The topological polar surface area (TPSA) is 54.5 Å². The molecule has 7 heteroatoms. The Morgan fingerprint density at radius 1 is 1.38 bits per heavy atom. The number of hydrogen-bond acceptors (Lipinski definition) is 3. The Hall–Kier alpha value is -0.700. The second kappa shape index (κ2) is 3.95. The van der Waals surface area contributed by atoms with Crippen molar-refractivity contribution in [3.8, 4) is 0 Å². The molecule has 0 N–H and O–H groups in total. The van der Waals surface area contributed by atoms with Gasteiger partial charge in [-0.15, -0.1) is 0 Å². The molecule has 0 spiro atoms. The summed E-state index contributed by atoms with van der Waals surface area (Å²) >= 11 is 1.96. The molecule has 0 saturated heterocycles. The molecule has 1 aromatic rings. The maximum atomic E-state index is 12.2. The summed E-state index contributed by atoms with van der Waals surface area (Å²) in [6, 6.07) is 4.52. The minimum absolute atomic E-state index is 0.0298. The molecule has 86 valence electrons. The van der Waals surface area contributed by atoms with Crippen molar-refractivity contribution < 1.29 is 17.6 Å². The van der Waals surface area contributed by atoms with Crippen molar-refractivity contribution in [2.45, 2.75) is 4.90 Å². The van der Waals surface area contributed by atoms with Gasteiger partial charge < -0.3 is 0 Å². The Bertz CT molecular complexity index is 558. The summed E-state index contributed by atoms with van der Waals surface area (Å²) in [4.78, 5) is 11.7. The van der Waals surface area contributed by atoms with Crippen molar-refractivity contribution in [1.82, 2.24) is 4.31 Å². The highest BCUT2D eigenvalue weighted by Crippen LogP contribution is 2.31. The summed E-state index contributed by atoms with van der Waals surface area (Å²) in [7, 11) is -3.84. The minimum atomic E-state index is -3.84. The fourth-order valence-corrected chi connectivity index (χ4v) is 3.82. The van der Waals surface area contributed by atoms with E-state index in [0.717, 1.165) is 3.57 Å². The van der Waals surface area contributed by atoms with Crippen LogP contribution in [0.2, 0.25) is 0 Å². The molecule has 1 amide bonds. The fraction of sp³-hybridized carbons (Fsp3) is 0.222. The van der Waals surface area contributed by atoms with Gasteiger partial charge in [-0.25, -0.2) is 17.1 Å². The standard InChI is InChI=1S/C9H7FINO3S/c10-3-4-12-9(13)7-2-1-6(11)5-8(7)16(12,14)15/h1-2,5H,3-4H2. The maximum Gasteiger partial charge on any atom is 0.269 e. The van der Waals surface area contributed by atoms with Crippen LogP contribution in [0, 0.1) is 3.57 Å². The lowest BCUT2D eigenvalue weighted by molar-refractivity contribution is 0.0865. The zero-order chi connectivity index (χ0) is 11.9. The number of rotatable bonds is 2. The molecule has 0 radical (unpaired) electrons. The van der Waals surface area contributed by atoms with Crippen LogP contribution >= 0.6 is 22.6 Å². The number of carbonyl (C=O) groups is 1. The second-order valence-corrected chi connectivity index (χ2v) is 6.29. The third kappa shape index (κ3) is 1.61. The van der Waals surface area contributed by atoms with Crippen LogP contribution in [0.4, 0.5) is 4.39 Å². The van der Waals surface area contributed by atoms with Gasteiger partial charge >= 0.3 is 0 Å². The normalized spacial score (nSPS) is 17.6. The van der Waals surface area contributed by atoms with Crippen LogP contribution in [0.5, 0.6) is 0 Å². The van der Waals surface area contributed by atoms with Gasteiger partial charge in [0.2, 0.25) is 0 Å². The predicted octanol–water partition coefficient (Wildman–Crippen LogP) is 1.41. The van der Waals surface area contributed by atoms with Gasteiger partial charge in [0.1, 0.15) is 11.6 Å². The molecular weight excluding hydrogens is 348 g/mol. The Morgan fingerprint density at radius 2 is 2.06 bits per heavy atom. The lowest BCUT2D eigenvalue weighted by Gasteiger charge is -2.11. The van der Waals surface area contributed by atoms with Crippen LogP contribution in [0.25, 0.3) is 0 Å². The van der Waals surface area contributed by atoms with Gasteiger partial charge in [-0.1, -0.05) is 0 Å². The highest BCUT2D eigenvalue weighted by atomic mass is 127. The molecule has 1 aliphatic rings. The third-order valence-electron chi connectivity index (χ3n) is 2.26. The van der Waals surface area contributed by atoms with E-state index in [0.29, 0.717) is 4.31 Å². The average molecular weight is 355 g/mol. The molecule has 0 fully saturated rings. The van der Waals surface area contributed by atoms with Gasteiger partial charge in [0, 0.05) is 3.57 Å². The number of alkyl halides is 1. The van der Waals surface area contributed by atoms with Gasteiger partial charge in [0.25, 0.3) is 15.9 Å². The van der Waals surface area contributed by atoms with Crippen LogP contribution in [0.3, 0.4) is 0 Å². The zero-order valence-corrected chi connectivity index (χ0v) is 11.0. The molecule has 1 heterocycles. The number of benzene rings is 1. The fourth-order valence-electron chi connectivity index (χ4n) is 1.55. The summed E-state index contributed by atoms with van der Waals surface area (Å²) in [6.45, 7) is -1.30. The molecule has 16 heavy (non-hydrogen) atoms. The number of carbonyl (C=O) groups excluding carboxylic acids is 1. The van der Waals surface area contributed by atoms with Gasteiger partial charge in [0.05, 0.1) is 12.1 Å². The van der Waals surface area contributed by atoms with E-state index in [2.05, 4.69) is 0 Å². The molecule has 0 unspecified atom stereocenters. The van der Waals surface area contributed by atoms with Crippen molar-refractivity contribution in [2.24, 2.45) is 0 Å². The lowest BCUT2D eigenvalue weighted by Crippen LogP contribution is -2.31. The SMILES string of the molecule is O=C1c2ccc(I)cc2S(=O)(=O)N1CCF. The van der Waals surface area contributed by atoms with Crippen LogP contribution in [-0.2, 0) is 10.0 Å². The van der Waals surface area contributed by atoms with Crippen molar-refractivity contribution in [1.29, 1.82) is 0 Å². The molecule has 2 rings (SSSR count). The van der Waals surface area contributed by atoms with Gasteiger partial charge in [-0.2, -0.15) is 0 Å². The van der Waals surface area contributed by atoms with E-state index >= 15 is 0 Å². The molecule has 0 saturated carbocycles. The van der Waals surface area contributed by atoms with Crippen LogP contribution in [0.1, 0.15) is 10.4 Å². The van der Waals surface area contributed by atoms with E-state index in [4.69, 9.17) is 0 Å². The first-order chi connectivity index (χ1) is 7.48. The van der Waals surface area contributed by atoms with Crippen LogP contribution in [-0.4, -0.2) is 31.8 Å². The smallest absolute Gasteiger partial charge is 0.268 e. The van der Waals surface area contributed by atoms with E-state index in [9.17, 15) is 17.6 Å². The summed E-state index contributed by atoms with van der Waals surface area (Å²) in [5, 5.41) is 0. The Balaban J connectivity index is 2.63. The first-order valence-electron chi connectivity index (χ1n) is 4.41. The highest BCUT2D eigenvalue weighted by Gasteiger charge is 2.40. The third-order valence-corrected chi connectivity index (χ3v) is 4.75. The molecule has 0 aliphatic carbocycles. The quantitative estimate of drug-likeness (QED) is 0.754. The van der Waals surface area contributed by atoms with E-state index in [1.54, 1.807) is 6.07 Å². The summed E-state index contributed by atoms with van der Waals surface area (Å²) in [5.74, 6) is -0.649. The van der Waals surface area contributed by atoms with E-state index in [-0.39, 0.29) is 10.5 Å². The average Bonchev–Trinajstić information content (AvgIpc) is 2.40. The Labute approximate surface area is 106 Å². The van der Waals surface area contributed by atoms with E-state index in [1.807, 2.05) is 22.6 Å². The molecule has 4 nitrogen and oxygen atoms in total. The lowest BCUT2D eigenvalue weighted by atomic mass is 10.2. The molecule has 0 aromatic heterocycles. The molecule has 0 atom stereocenters. The van der Waals surface area contributed by atoms with Crippen molar-refractivity contribution >= 4 is 38.5 Å². The number of nitrogens with zero attached hydrogens (tertiary/aromatic N) is 1. The van der Waals surface area contributed by atoms with Crippen molar-refractivity contribution in [3.05, 3.63) is 27.3 Å². The number of hydrogen-bond donors (Lipinski definition) is 0. The van der Waals surface area contributed by atoms with Crippen LogP contribution < -0.4 is 0 Å². The van der Waals surface area contributed by atoms with Crippen molar-refractivity contribution in [3.63, 3.8) is 0 Å². The van der Waals surface area contributed by atoms with Gasteiger partial charge in [0.15, 0.2) is 0 Å². The molecule has 1 aliphatic heterocycles. The summed E-state index contributed by atoms with van der Waals surface area (Å²) in [6.07, 6.45) is 0. The Kier molecular flexibility index (Phi) is 2.91. The first kappa shape index (κ1) is 11.8.